The highest BCUT2D eigenvalue weighted by Gasteiger charge is 2.08. The number of nitrogen functional groups attached to an aromatic ring is 1. The van der Waals surface area contributed by atoms with Gasteiger partial charge in [0.15, 0.2) is 0 Å². The Hall–Kier alpha value is -1.39. The molecule has 1 aromatic heterocycles. The Bertz CT molecular complexity index is 465. The van der Waals surface area contributed by atoms with Gasteiger partial charge in [0.2, 0.25) is 0 Å². The van der Waals surface area contributed by atoms with E-state index in [2.05, 4.69) is 4.98 Å². The number of nitrogens with zero attached hydrogens (tertiary/aromatic N) is 1. The fourth-order valence-electron chi connectivity index (χ4n) is 1.31. The average Bonchev–Trinajstić information content (AvgIpc) is 2.66. The standard InChI is InChI=1S/C11H12N2OS/c1-7(14)11-13-6-10(15-11)8-3-2-4-9(12)5-8/h2-7,14H,12H2,1H3/t7-/m0/s1. The molecule has 0 spiro atoms. The van der Waals surface area contributed by atoms with Crippen molar-refractivity contribution in [1.82, 2.24) is 4.98 Å². The molecular weight excluding hydrogens is 208 g/mol. The third kappa shape index (κ3) is 2.16. The van der Waals surface area contributed by atoms with Gasteiger partial charge in [0.1, 0.15) is 11.1 Å². The average molecular weight is 220 g/mol. The quantitative estimate of drug-likeness (QED) is 0.764. The summed E-state index contributed by atoms with van der Waals surface area (Å²) in [7, 11) is 0. The summed E-state index contributed by atoms with van der Waals surface area (Å²) in [4.78, 5) is 5.18. The molecule has 0 bridgehead atoms. The Morgan fingerprint density at radius 1 is 1.47 bits per heavy atom. The first-order valence-electron chi connectivity index (χ1n) is 4.66. The number of hydrogen-bond acceptors (Lipinski definition) is 4. The van der Waals surface area contributed by atoms with Crippen molar-refractivity contribution in [2.75, 3.05) is 5.73 Å². The first-order chi connectivity index (χ1) is 7.16. The van der Waals surface area contributed by atoms with E-state index in [0.29, 0.717) is 0 Å². The van der Waals surface area contributed by atoms with Gasteiger partial charge in [-0.05, 0) is 24.6 Å². The van der Waals surface area contributed by atoms with Crippen LogP contribution >= 0.6 is 11.3 Å². The number of anilines is 1. The van der Waals surface area contributed by atoms with E-state index < -0.39 is 6.10 Å². The number of aliphatic hydroxyl groups excluding tert-OH is 1. The van der Waals surface area contributed by atoms with Gasteiger partial charge >= 0.3 is 0 Å². The maximum Gasteiger partial charge on any atom is 0.121 e. The molecule has 15 heavy (non-hydrogen) atoms. The molecule has 0 saturated carbocycles. The molecule has 4 heteroatoms. The summed E-state index contributed by atoms with van der Waals surface area (Å²) in [5.41, 5.74) is 7.47. The summed E-state index contributed by atoms with van der Waals surface area (Å²) >= 11 is 1.49. The van der Waals surface area contributed by atoms with Crippen LogP contribution in [0.25, 0.3) is 10.4 Å². The molecule has 2 rings (SSSR count). The van der Waals surface area contributed by atoms with Gasteiger partial charge < -0.3 is 10.8 Å². The summed E-state index contributed by atoms with van der Waals surface area (Å²) in [6.45, 7) is 1.71. The lowest BCUT2D eigenvalue weighted by Gasteiger charge is -1.98. The van der Waals surface area contributed by atoms with E-state index in [1.807, 2.05) is 24.3 Å². The van der Waals surface area contributed by atoms with Crippen molar-refractivity contribution in [1.29, 1.82) is 0 Å². The Labute approximate surface area is 92.2 Å². The smallest absolute Gasteiger partial charge is 0.121 e. The van der Waals surface area contributed by atoms with E-state index in [1.165, 1.54) is 11.3 Å². The first kappa shape index (κ1) is 10.1. The largest absolute Gasteiger partial charge is 0.399 e. The summed E-state index contributed by atoms with van der Waals surface area (Å²) in [6.07, 6.45) is 1.26. The molecular formula is C11H12N2OS. The number of hydrogen-bond donors (Lipinski definition) is 2. The van der Waals surface area contributed by atoms with E-state index in [9.17, 15) is 5.11 Å². The van der Waals surface area contributed by atoms with Crippen LogP contribution < -0.4 is 5.73 Å². The highest BCUT2D eigenvalue weighted by molar-refractivity contribution is 7.15. The Kier molecular flexibility index (Phi) is 2.70. The first-order valence-corrected chi connectivity index (χ1v) is 5.48. The van der Waals surface area contributed by atoms with Gasteiger partial charge in [0, 0.05) is 11.9 Å². The van der Waals surface area contributed by atoms with Gasteiger partial charge in [0.05, 0.1) is 4.88 Å². The van der Waals surface area contributed by atoms with Gasteiger partial charge in [0.25, 0.3) is 0 Å². The van der Waals surface area contributed by atoms with Crippen molar-refractivity contribution < 1.29 is 5.11 Å². The number of aliphatic hydroxyl groups is 1. The number of thiazole rings is 1. The van der Waals surface area contributed by atoms with Crippen LogP contribution in [0, 0.1) is 0 Å². The molecule has 0 unspecified atom stereocenters. The van der Waals surface area contributed by atoms with Gasteiger partial charge in [-0.15, -0.1) is 11.3 Å². The highest BCUT2D eigenvalue weighted by Crippen LogP contribution is 2.29. The molecule has 3 nitrogen and oxygen atoms in total. The normalized spacial score (nSPS) is 12.7. The number of nitrogens with two attached hydrogens (primary N) is 1. The second-order valence-corrected chi connectivity index (χ2v) is 4.43. The zero-order chi connectivity index (χ0) is 10.8. The number of benzene rings is 1. The Morgan fingerprint density at radius 2 is 2.27 bits per heavy atom. The molecule has 0 saturated heterocycles. The SMILES string of the molecule is C[C@H](O)c1ncc(-c2cccc(N)c2)s1. The van der Waals surface area contributed by atoms with Crippen LogP contribution in [0.1, 0.15) is 18.0 Å². The molecule has 0 fully saturated rings. The van der Waals surface area contributed by atoms with Crippen molar-refractivity contribution in [3.63, 3.8) is 0 Å². The summed E-state index contributed by atoms with van der Waals surface area (Å²) in [5.74, 6) is 0. The zero-order valence-corrected chi connectivity index (χ0v) is 9.16. The molecule has 0 aliphatic heterocycles. The summed E-state index contributed by atoms with van der Waals surface area (Å²) < 4.78 is 0. The molecule has 0 aliphatic rings. The highest BCUT2D eigenvalue weighted by atomic mass is 32.1. The fourth-order valence-corrected chi connectivity index (χ4v) is 2.16. The maximum atomic E-state index is 9.36. The lowest BCUT2D eigenvalue weighted by molar-refractivity contribution is 0.199. The second kappa shape index (κ2) is 4.00. The van der Waals surface area contributed by atoms with Crippen LogP contribution in [0.3, 0.4) is 0 Å². The van der Waals surface area contributed by atoms with Crippen molar-refractivity contribution in [2.24, 2.45) is 0 Å². The predicted octanol–water partition coefficient (Wildman–Crippen LogP) is 2.45. The van der Waals surface area contributed by atoms with Gasteiger partial charge in [-0.25, -0.2) is 4.98 Å². The summed E-state index contributed by atoms with van der Waals surface area (Å²) in [5, 5.41) is 10.1. The molecule has 0 aliphatic carbocycles. The van der Waals surface area contributed by atoms with E-state index >= 15 is 0 Å². The molecule has 0 amide bonds. The van der Waals surface area contributed by atoms with Crippen molar-refractivity contribution in [2.45, 2.75) is 13.0 Å². The molecule has 1 aromatic carbocycles. The van der Waals surface area contributed by atoms with E-state index in [1.54, 1.807) is 13.1 Å². The predicted molar refractivity (Wildman–Crippen MR) is 62.6 cm³/mol. The van der Waals surface area contributed by atoms with Gasteiger partial charge in [-0.2, -0.15) is 0 Å². The van der Waals surface area contributed by atoms with Crippen LogP contribution in [0.5, 0.6) is 0 Å². The topological polar surface area (TPSA) is 59.1 Å². The lowest BCUT2D eigenvalue weighted by Crippen LogP contribution is -1.86. The molecule has 1 heterocycles. The van der Waals surface area contributed by atoms with Gasteiger partial charge in [-0.1, -0.05) is 12.1 Å². The van der Waals surface area contributed by atoms with Crippen molar-refractivity contribution in [3.8, 4) is 10.4 Å². The lowest BCUT2D eigenvalue weighted by atomic mass is 10.2. The molecule has 78 valence electrons. The van der Waals surface area contributed by atoms with Crippen LogP contribution in [0.2, 0.25) is 0 Å². The van der Waals surface area contributed by atoms with Crippen LogP contribution in [-0.2, 0) is 0 Å². The van der Waals surface area contributed by atoms with E-state index in [-0.39, 0.29) is 0 Å². The molecule has 3 N–H and O–H groups in total. The minimum Gasteiger partial charge on any atom is -0.399 e. The minimum atomic E-state index is -0.509. The minimum absolute atomic E-state index is 0.509. The van der Waals surface area contributed by atoms with E-state index in [0.717, 1.165) is 21.1 Å². The van der Waals surface area contributed by atoms with Gasteiger partial charge in [-0.3, -0.25) is 0 Å². The zero-order valence-electron chi connectivity index (χ0n) is 8.34. The Balaban J connectivity index is 2.37. The van der Waals surface area contributed by atoms with Crippen LogP contribution in [-0.4, -0.2) is 10.1 Å². The van der Waals surface area contributed by atoms with Crippen molar-refractivity contribution >= 4 is 17.0 Å². The molecule has 1 atom stereocenters. The molecule has 0 radical (unpaired) electrons. The monoisotopic (exact) mass is 220 g/mol. The van der Waals surface area contributed by atoms with Crippen LogP contribution in [0.4, 0.5) is 5.69 Å². The second-order valence-electron chi connectivity index (χ2n) is 3.36. The van der Waals surface area contributed by atoms with Crippen molar-refractivity contribution in [3.05, 3.63) is 35.5 Å². The van der Waals surface area contributed by atoms with E-state index in [4.69, 9.17) is 5.73 Å². The Morgan fingerprint density at radius 3 is 2.87 bits per heavy atom. The fraction of sp³-hybridized carbons (Fsp3) is 0.182. The van der Waals surface area contributed by atoms with Crippen LogP contribution in [0.15, 0.2) is 30.5 Å². The summed E-state index contributed by atoms with van der Waals surface area (Å²) in [6, 6.07) is 7.64. The number of aromatic nitrogens is 1. The molecule has 2 aromatic rings. The number of rotatable bonds is 2. The maximum absolute atomic E-state index is 9.36. The third-order valence-electron chi connectivity index (χ3n) is 2.05. The third-order valence-corrected chi connectivity index (χ3v) is 3.27.